The van der Waals surface area contributed by atoms with Gasteiger partial charge in [-0.3, -0.25) is 19.5 Å². The van der Waals surface area contributed by atoms with E-state index in [1.165, 1.54) is 0 Å². The summed E-state index contributed by atoms with van der Waals surface area (Å²) in [5.41, 5.74) is 1.21. The van der Waals surface area contributed by atoms with Gasteiger partial charge in [0.2, 0.25) is 5.91 Å². The number of urea groups is 1. The molecule has 26 heavy (non-hydrogen) atoms. The van der Waals surface area contributed by atoms with E-state index < -0.39 is 23.4 Å². The van der Waals surface area contributed by atoms with Gasteiger partial charge in [0.1, 0.15) is 6.54 Å². The largest absolute Gasteiger partial charge is 0.350 e. The van der Waals surface area contributed by atoms with Gasteiger partial charge >= 0.3 is 6.03 Å². The van der Waals surface area contributed by atoms with Gasteiger partial charge in [0.05, 0.1) is 5.69 Å². The van der Waals surface area contributed by atoms with Crippen LogP contribution in [0.25, 0.3) is 0 Å². The third kappa shape index (κ3) is 3.28. The van der Waals surface area contributed by atoms with Gasteiger partial charge in [0.15, 0.2) is 5.54 Å². The number of rotatable bonds is 5. The van der Waals surface area contributed by atoms with Crippen molar-refractivity contribution in [3.05, 3.63) is 65.5 Å². The van der Waals surface area contributed by atoms with Crippen LogP contribution in [0.2, 0.25) is 0 Å². The first-order valence-corrected chi connectivity index (χ1v) is 8.28. The SMILES string of the molecule is Cc1ccccc1CNC(=O)CN1C(=O)NC(C)(c2ccccn2)C1=O. The first kappa shape index (κ1) is 17.6. The van der Waals surface area contributed by atoms with Crippen LogP contribution in [0.1, 0.15) is 23.7 Å². The maximum atomic E-state index is 12.7. The lowest BCUT2D eigenvalue weighted by atomic mass is 9.97. The first-order valence-electron chi connectivity index (χ1n) is 8.28. The number of benzene rings is 1. The number of nitrogens with zero attached hydrogens (tertiary/aromatic N) is 2. The van der Waals surface area contributed by atoms with Crippen LogP contribution in [0, 0.1) is 6.92 Å². The Kier molecular flexibility index (Phi) is 4.71. The summed E-state index contributed by atoms with van der Waals surface area (Å²) in [5, 5.41) is 5.38. The molecule has 0 aliphatic carbocycles. The maximum absolute atomic E-state index is 12.7. The van der Waals surface area contributed by atoms with Gasteiger partial charge in [-0.15, -0.1) is 0 Å². The van der Waals surface area contributed by atoms with E-state index >= 15 is 0 Å². The molecule has 1 aromatic heterocycles. The molecule has 2 N–H and O–H groups in total. The van der Waals surface area contributed by atoms with Crippen LogP contribution in [-0.4, -0.2) is 34.3 Å². The van der Waals surface area contributed by atoms with Crippen molar-refractivity contribution < 1.29 is 14.4 Å². The zero-order chi connectivity index (χ0) is 18.7. The second-order valence-electron chi connectivity index (χ2n) is 6.36. The number of hydrogen-bond donors (Lipinski definition) is 2. The van der Waals surface area contributed by atoms with Crippen molar-refractivity contribution in [1.82, 2.24) is 20.5 Å². The van der Waals surface area contributed by atoms with Crippen molar-refractivity contribution in [2.24, 2.45) is 0 Å². The van der Waals surface area contributed by atoms with Crippen molar-refractivity contribution in [1.29, 1.82) is 0 Å². The lowest BCUT2D eigenvalue weighted by Crippen LogP contribution is -2.43. The monoisotopic (exact) mass is 352 g/mol. The number of nitrogens with one attached hydrogen (secondary N) is 2. The molecule has 0 bridgehead atoms. The van der Waals surface area contributed by atoms with Crippen LogP contribution in [-0.2, 0) is 21.7 Å². The molecule has 7 heteroatoms. The zero-order valence-corrected chi connectivity index (χ0v) is 14.7. The number of pyridine rings is 1. The fraction of sp³-hybridized carbons (Fsp3) is 0.263. The Morgan fingerprint density at radius 2 is 1.92 bits per heavy atom. The van der Waals surface area contributed by atoms with Crippen LogP contribution in [0.5, 0.6) is 0 Å². The lowest BCUT2D eigenvalue weighted by Gasteiger charge is -2.20. The maximum Gasteiger partial charge on any atom is 0.325 e. The second kappa shape index (κ2) is 6.95. The molecular formula is C19H20N4O3. The average molecular weight is 352 g/mol. The summed E-state index contributed by atoms with van der Waals surface area (Å²) in [4.78, 5) is 42.2. The molecule has 1 aliphatic rings. The lowest BCUT2D eigenvalue weighted by molar-refractivity contribution is -0.135. The molecule has 1 unspecified atom stereocenters. The van der Waals surface area contributed by atoms with Crippen molar-refractivity contribution in [2.45, 2.75) is 25.9 Å². The van der Waals surface area contributed by atoms with Gasteiger partial charge in [0.25, 0.3) is 5.91 Å². The summed E-state index contributed by atoms with van der Waals surface area (Å²) in [7, 11) is 0. The number of aromatic nitrogens is 1. The van der Waals surface area contributed by atoms with Gasteiger partial charge in [-0.1, -0.05) is 30.3 Å². The van der Waals surface area contributed by atoms with E-state index in [1.807, 2.05) is 31.2 Å². The minimum atomic E-state index is -1.27. The number of aryl methyl sites for hydroxylation is 1. The fourth-order valence-corrected chi connectivity index (χ4v) is 2.87. The van der Waals surface area contributed by atoms with E-state index in [0.717, 1.165) is 16.0 Å². The predicted molar refractivity (Wildman–Crippen MR) is 94.9 cm³/mol. The summed E-state index contributed by atoms with van der Waals surface area (Å²) >= 11 is 0. The van der Waals surface area contributed by atoms with Crippen molar-refractivity contribution in [3.8, 4) is 0 Å². The Morgan fingerprint density at radius 1 is 1.19 bits per heavy atom. The average Bonchev–Trinajstić information content (AvgIpc) is 2.86. The topological polar surface area (TPSA) is 91.4 Å². The highest BCUT2D eigenvalue weighted by Gasteiger charge is 2.50. The van der Waals surface area contributed by atoms with E-state index in [4.69, 9.17) is 0 Å². The van der Waals surface area contributed by atoms with Crippen molar-refractivity contribution >= 4 is 17.8 Å². The van der Waals surface area contributed by atoms with Gasteiger partial charge < -0.3 is 10.6 Å². The molecule has 1 aliphatic heterocycles. The first-order chi connectivity index (χ1) is 12.4. The molecule has 2 aromatic rings. The summed E-state index contributed by atoms with van der Waals surface area (Å²) in [5.74, 6) is -0.894. The van der Waals surface area contributed by atoms with Gasteiger partial charge in [-0.2, -0.15) is 0 Å². The normalized spacial score (nSPS) is 19.4. The Balaban J connectivity index is 1.66. The smallest absolute Gasteiger partial charge is 0.325 e. The second-order valence-corrected chi connectivity index (χ2v) is 6.36. The molecule has 134 valence electrons. The molecule has 2 heterocycles. The number of hydrogen-bond acceptors (Lipinski definition) is 4. The standard InChI is InChI=1S/C19H20N4O3/c1-13-7-3-4-8-14(13)11-21-16(24)12-23-17(25)19(2,22-18(23)26)15-9-5-6-10-20-15/h3-10H,11-12H2,1-2H3,(H,21,24)(H,22,26). The van der Waals surface area contributed by atoms with E-state index in [1.54, 1.807) is 31.3 Å². The summed E-state index contributed by atoms with van der Waals surface area (Å²) in [6.07, 6.45) is 1.55. The molecule has 1 saturated heterocycles. The molecule has 1 atom stereocenters. The molecular weight excluding hydrogens is 332 g/mol. The van der Waals surface area contributed by atoms with Crippen molar-refractivity contribution in [3.63, 3.8) is 0 Å². The Morgan fingerprint density at radius 3 is 2.62 bits per heavy atom. The van der Waals surface area contributed by atoms with E-state index in [2.05, 4.69) is 15.6 Å². The molecule has 1 fully saturated rings. The molecule has 3 rings (SSSR count). The quantitative estimate of drug-likeness (QED) is 0.797. The van der Waals surface area contributed by atoms with Crippen LogP contribution in [0.15, 0.2) is 48.7 Å². The van der Waals surface area contributed by atoms with Gasteiger partial charge in [0, 0.05) is 12.7 Å². The molecule has 0 saturated carbocycles. The van der Waals surface area contributed by atoms with Crippen LogP contribution in [0.3, 0.4) is 0 Å². The molecule has 0 spiro atoms. The summed E-state index contributed by atoms with van der Waals surface area (Å²) in [6, 6.07) is 12.2. The Labute approximate surface area is 151 Å². The minimum absolute atomic E-state index is 0.334. The van der Waals surface area contributed by atoms with Crippen LogP contribution >= 0.6 is 0 Å². The molecule has 7 nitrogen and oxygen atoms in total. The fourth-order valence-electron chi connectivity index (χ4n) is 2.87. The predicted octanol–water partition coefficient (Wildman–Crippen LogP) is 1.47. The van der Waals surface area contributed by atoms with Gasteiger partial charge in [-0.25, -0.2) is 4.79 Å². The number of imide groups is 1. The van der Waals surface area contributed by atoms with Gasteiger partial charge in [-0.05, 0) is 37.1 Å². The van der Waals surface area contributed by atoms with E-state index in [0.29, 0.717) is 12.2 Å². The number of carbonyl (C=O) groups is 3. The van der Waals surface area contributed by atoms with Crippen LogP contribution < -0.4 is 10.6 Å². The third-order valence-corrected chi connectivity index (χ3v) is 4.49. The van der Waals surface area contributed by atoms with E-state index in [9.17, 15) is 14.4 Å². The Hall–Kier alpha value is -3.22. The molecule has 1 aromatic carbocycles. The molecule has 0 radical (unpaired) electrons. The Bertz CT molecular complexity index is 853. The number of amides is 4. The zero-order valence-electron chi connectivity index (χ0n) is 14.7. The summed E-state index contributed by atoms with van der Waals surface area (Å²) in [6.45, 7) is 3.55. The van der Waals surface area contributed by atoms with Crippen LogP contribution in [0.4, 0.5) is 4.79 Å². The van der Waals surface area contributed by atoms with E-state index in [-0.39, 0.29) is 6.54 Å². The third-order valence-electron chi connectivity index (χ3n) is 4.49. The number of carbonyl (C=O) groups excluding carboxylic acids is 3. The summed E-state index contributed by atoms with van der Waals surface area (Å²) < 4.78 is 0. The highest BCUT2D eigenvalue weighted by Crippen LogP contribution is 2.26. The highest BCUT2D eigenvalue weighted by atomic mass is 16.2. The minimum Gasteiger partial charge on any atom is -0.350 e. The van der Waals surface area contributed by atoms with Crippen molar-refractivity contribution in [2.75, 3.05) is 6.54 Å². The highest BCUT2D eigenvalue weighted by molar-refractivity contribution is 6.08. The molecule has 4 amide bonds.